The van der Waals surface area contributed by atoms with Crippen LogP contribution in [0, 0.1) is 0 Å². The van der Waals surface area contributed by atoms with Crippen LogP contribution in [0.3, 0.4) is 0 Å². The molecule has 2 rings (SSSR count). The van der Waals surface area contributed by atoms with E-state index in [0.717, 1.165) is 5.56 Å². The van der Waals surface area contributed by atoms with Crippen molar-refractivity contribution in [2.45, 2.75) is 19.3 Å². The number of carbonyl (C=O) groups excluding carboxylic acids is 2. The van der Waals surface area contributed by atoms with Crippen molar-refractivity contribution < 1.29 is 14.3 Å². The molecule has 15 heavy (non-hydrogen) atoms. The number of rotatable bonds is 2. The Bertz CT molecular complexity index is 409. The van der Waals surface area contributed by atoms with E-state index in [-0.39, 0.29) is 18.2 Å². The molecular formula is C12H12O3. The molecule has 1 aliphatic carbocycles. The number of Topliss-reactive ketones (excluding diaryl/α,β-unsaturated/α-hetero) is 1. The molecule has 78 valence electrons. The summed E-state index contributed by atoms with van der Waals surface area (Å²) in [5.41, 5.74) is 1.47. The quantitative estimate of drug-likeness (QED) is 0.691. The van der Waals surface area contributed by atoms with Crippen LogP contribution in [0.5, 0.6) is 0 Å². The smallest absolute Gasteiger partial charge is 0.313 e. The highest BCUT2D eigenvalue weighted by Gasteiger charge is 2.34. The molecule has 0 radical (unpaired) electrons. The van der Waals surface area contributed by atoms with Gasteiger partial charge in [-0.3, -0.25) is 9.59 Å². The van der Waals surface area contributed by atoms with Gasteiger partial charge in [-0.25, -0.2) is 0 Å². The SMILES string of the molecule is CCOC(=O)[C@H]1CC(=O)c2ccccc21. The molecule has 0 amide bonds. The van der Waals surface area contributed by atoms with Gasteiger partial charge in [-0.15, -0.1) is 0 Å². The van der Waals surface area contributed by atoms with Crippen LogP contribution in [0.15, 0.2) is 24.3 Å². The van der Waals surface area contributed by atoms with Gasteiger partial charge >= 0.3 is 5.97 Å². The van der Waals surface area contributed by atoms with E-state index in [1.807, 2.05) is 18.2 Å². The fraction of sp³-hybridized carbons (Fsp3) is 0.333. The van der Waals surface area contributed by atoms with Crippen LogP contribution in [0.1, 0.15) is 35.2 Å². The van der Waals surface area contributed by atoms with Crippen molar-refractivity contribution in [3.05, 3.63) is 35.4 Å². The lowest BCUT2D eigenvalue weighted by Crippen LogP contribution is -2.13. The van der Waals surface area contributed by atoms with Gasteiger partial charge in [0.1, 0.15) is 0 Å². The predicted octanol–water partition coefficient (Wildman–Crippen LogP) is 1.92. The molecule has 0 heterocycles. The van der Waals surface area contributed by atoms with Crippen LogP contribution < -0.4 is 0 Å². The summed E-state index contributed by atoms with van der Waals surface area (Å²) in [7, 11) is 0. The standard InChI is InChI=1S/C12H12O3/c1-2-15-12(14)10-7-11(13)9-6-4-3-5-8(9)10/h3-6,10H,2,7H2,1H3/t10-/m0/s1. The summed E-state index contributed by atoms with van der Waals surface area (Å²) in [6, 6.07) is 7.23. The van der Waals surface area contributed by atoms with Crippen LogP contribution in [0.25, 0.3) is 0 Å². The lowest BCUT2D eigenvalue weighted by molar-refractivity contribution is -0.144. The maximum Gasteiger partial charge on any atom is 0.313 e. The minimum Gasteiger partial charge on any atom is -0.466 e. The molecular weight excluding hydrogens is 192 g/mol. The van der Waals surface area contributed by atoms with Gasteiger partial charge in [0.05, 0.1) is 12.5 Å². The Balaban J connectivity index is 2.32. The zero-order valence-corrected chi connectivity index (χ0v) is 8.53. The van der Waals surface area contributed by atoms with Crippen molar-refractivity contribution in [2.75, 3.05) is 6.61 Å². The highest BCUT2D eigenvalue weighted by molar-refractivity contribution is 6.05. The average Bonchev–Trinajstić information content (AvgIpc) is 2.58. The lowest BCUT2D eigenvalue weighted by Gasteiger charge is -2.08. The van der Waals surface area contributed by atoms with Crippen LogP contribution in [-0.2, 0) is 9.53 Å². The molecule has 0 unspecified atom stereocenters. The normalized spacial score (nSPS) is 18.7. The molecule has 0 bridgehead atoms. The number of ketones is 1. The topological polar surface area (TPSA) is 43.4 Å². The molecule has 0 fully saturated rings. The molecule has 1 aromatic rings. The molecule has 0 aromatic heterocycles. The molecule has 0 saturated carbocycles. The summed E-state index contributed by atoms with van der Waals surface area (Å²) in [6.07, 6.45) is 0.248. The Labute approximate surface area is 88.1 Å². The predicted molar refractivity (Wildman–Crippen MR) is 54.8 cm³/mol. The Morgan fingerprint density at radius 2 is 2.20 bits per heavy atom. The van der Waals surface area contributed by atoms with Gasteiger partial charge in [-0.05, 0) is 12.5 Å². The van der Waals surface area contributed by atoms with E-state index >= 15 is 0 Å². The van der Waals surface area contributed by atoms with Crippen LogP contribution >= 0.6 is 0 Å². The van der Waals surface area contributed by atoms with Gasteiger partial charge in [0, 0.05) is 12.0 Å². The maximum atomic E-state index is 11.6. The number of hydrogen-bond acceptors (Lipinski definition) is 3. The fourth-order valence-corrected chi connectivity index (χ4v) is 1.91. The van der Waals surface area contributed by atoms with Crippen LogP contribution in [-0.4, -0.2) is 18.4 Å². The van der Waals surface area contributed by atoms with Crippen molar-refractivity contribution in [3.63, 3.8) is 0 Å². The van der Waals surface area contributed by atoms with E-state index in [1.165, 1.54) is 0 Å². The second kappa shape index (κ2) is 3.85. The van der Waals surface area contributed by atoms with Crippen LogP contribution in [0.4, 0.5) is 0 Å². The summed E-state index contributed by atoms with van der Waals surface area (Å²) < 4.78 is 4.94. The molecule has 3 nitrogen and oxygen atoms in total. The Hall–Kier alpha value is -1.64. The maximum absolute atomic E-state index is 11.6. The van der Waals surface area contributed by atoms with Gasteiger partial charge in [-0.2, -0.15) is 0 Å². The second-order valence-corrected chi connectivity index (χ2v) is 3.52. The van der Waals surface area contributed by atoms with Gasteiger partial charge < -0.3 is 4.74 Å². The summed E-state index contributed by atoms with van der Waals surface area (Å²) in [6.45, 7) is 2.12. The van der Waals surface area contributed by atoms with E-state index < -0.39 is 5.92 Å². The molecule has 0 spiro atoms. The first-order valence-corrected chi connectivity index (χ1v) is 5.02. The number of hydrogen-bond donors (Lipinski definition) is 0. The highest BCUT2D eigenvalue weighted by Crippen LogP contribution is 2.33. The summed E-state index contributed by atoms with van der Waals surface area (Å²) in [5, 5.41) is 0. The zero-order chi connectivity index (χ0) is 10.8. The summed E-state index contributed by atoms with van der Waals surface area (Å²) in [5.74, 6) is -0.659. The van der Waals surface area contributed by atoms with Crippen molar-refractivity contribution in [2.24, 2.45) is 0 Å². The second-order valence-electron chi connectivity index (χ2n) is 3.52. The van der Waals surface area contributed by atoms with E-state index in [9.17, 15) is 9.59 Å². The third-order valence-electron chi connectivity index (χ3n) is 2.60. The first kappa shape index (κ1) is 9.90. The van der Waals surface area contributed by atoms with E-state index in [1.54, 1.807) is 13.0 Å². The van der Waals surface area contributed by atoms with E-state index in [0.29, 0.717) is 12.2 Å². The van der Waals surface area contributed by atoms with Crippen molar-refractivity contribution in [3.8, 4) is 0 Å². The van der Waals surface area contributed by atoms with Crippen molar-refractivity contribution in [1.29, 1.82) is 0 Å². The fourth-order valence-electron chi connectivity index (χ4n) is 1.91. The monoisotopic (exact) mass is 204 g/mol. The molecule has 0 aliphatic heterocycles. The molecule has 1 atom stereocenters. The largest absolute Gasteiger partial charge is 0.466 e. The van der Waals surface area contributed by atoms with Crippen LogP contribution in [0.2, 0.25) is 0 Å². The number of carbonyl (C=O) groups is 2. The zero-order valence-electron chi connectivity index (χ0n) is 8.53. The van der Waals surface area contributed by atoms with E-state index in [2.05, 4.69) is 0 Å². The van der Waals surface area contributed by atoms with E-state index in [4.69, 9.17) is 4.74 Å². The average molecular weight is 204 g/mol. The Morgan fingerprint density at radius 3 is 2.93 bits per heavy atom. The highest BCUT2D eigenvalue weighted by atomic mass is 16.5. The van der Waals surface area contributed by atoms with Crippen molar-refractivity contribution in [1.82, 2.24) is 0 Å². The molecule has 1 aliphatic rings. The Morgan fingerprint density at radius 1 is 1.47 bits per heavy atom. The minimum absolute atomic E-state index is 0.0312. The number of fused-ring (bicyclic) bond motifs is 1. The first-order chi connectivity index (χ1) is 7.24. The number of esters is 1. The molecule has 3 heteroatoms. The van der Waals surface area contributed by atoms with Gasteiger partial charge in [0.2, 0.25) is 0 Å². The van der Waals surface area contributed by atoms with Gasteiger partial charge in [-0.1, -0.05) is 24.3 Å². The number of ether oxygens (including phenoxy) is 1. The van der Waals surface area contributed by atoms with Gasteiger partial charge in [0.25, 0.3) is 0 Å². The third-order valence-corrected chi connectivity index (χ3v) is 2.60. The summed E-state index contributed by atoms with van der Waals surface area (Å²) in [4.78, 5) is 23.2. The van der Waals surface area contributed by atoms with Crippen molar-refractivity contribution >= 4 is 11.8 Å². The number of benzene rings is 1. The molecule has 0 N–H and O–H groups in total. The van der Waals surface area contributed by atoms with Gasteiger partial charge in [0.15, 0.2) is 5.78 Å². The molecule has 1 aromatic carbocycles. The minimum atomic E-state index is -0.395. The Kier molecular flexibility index (Phi) is 2.54. The lowest BCUT2D eigenvalue weighted by atomic mass is 10.0. The summed E-state index contributed by atoms with van der Waals surface area (Å²) >= 11 is 0. The molecule has 0 saturated heterocycles. The first-order valence-electron chi connectivity index (χ1n) is 5.02. The third kappa shape index (κ3) is 1.65.